The number of pyridine rings is 1. The minimum absolute atomic E-state index is 0.0725. The van der Waals surface area contributed by atoms with Crippen molar-refractivity contribution < 1.29 is 43.0 Å². The monoisotopic (exact) mass is 621 g/mol. The van der Waals surface area contributed by atoms with E-state index >= 15 is 0 Å². The van der Waals surface area contributed by atoms with Crippen molar-refractivity contribution in [3.05, 3.63) is 35.5 Å². The van der Waals surface area contributed by atoms with Gasteiger partial charge in [0.05, 0.1) is 17.8 Å². The molecule has 0 aliphatic rings. The Morgan fingerprint density at radius 3 is 2.42 bits per heavy atom. The smallest absolute Gasteiger partial charge is 0.414 e. The average Bonchev–Trinajstić information content (AvgIpc) is 2.86. The molecule has 1 heterocycles. The van der Waals surface area contributed by atoms with E-state index in [4.69, 9.17) is 31.0 Å². The molecule has 0 saturated carbocycles. The largest absolute Gasteiger partial charge is 0.777 e. The quantitative estimate of drug-likeness (QED) is 0.168. The van der Waals surface area contributed by atoms with Crippen molar-refractivity contribution in [1.82, 2.24) is 15.2 Å². The molecular weight excluding hydrogens is 586 g/mol. The third-order valence-electron chi connectivity index (χ3n) is 6.26. The van der Waals surface area contributed by atoms with Gasteiger partial charge in [0.25, 0.3) is 0 Å². The molecule has 0 bridgehead atoms. The predicted molar refractivity (Wildman–Crippen MR) is 150 cm³/mol. The standard InChI is InChI=1S/C24H37ClN4O9P2/c1-4-28(5-2)14-6-8-17(3)29(21-12-13-26-20-16-18(25)10-11-19(20)21)24(31)38-15-7-9-22(30)27-23(39(32,33)34)40(35,36)37/h10-13,16-17,23H,4-9,14-15H2,1-3H3,(H,27,30)(H2,32,33,34)(H2,35,36,37)/p-1. The highest BCUT2D eigenvalue weighted by molar-refractivity contribution is 7.70. The Hall–Kier alpha value is -2.08. The summed E-state index contributed by atoms with van der Waals surface area (Å²) in [4.78, 5) is 72.0. The van der Waals surface area contributed by atoms with E-state index in [9.17, 15) is 23.6 Å². The van der Waals surface area contributed by atoms with Gasteiger partial charge < -0.3 is 39.1 Å². The van der Waals surface area contributed by atoms with Crippen molar-refractivity contribution in [2.75, 3.05) is 31.1 Å². The average molecular weight is 622 g/mol. The Labute approximate surface area is 238 Å². The fourth-order valence-electron chi connectivity index (χ4n) is 4.14. The first-order valence-corrected chi connectivity index (χ1v) is 16.5. The summed E-state index contributed by atoms with van der Waals surface area (Å²) in [5.41, 5.74) is -1.59. The number of halogens is 1. The number of nitrogens with zero attached hydrogens (tertiary/aromatic N) is 3. The van der Waals surface area contributed by atoms with Gasteiger partial charge in [-0.3, -0.25) is 19.2 Å². The van der Waals surface area contributed by atoms with E-state index in [1.165, 1.54) is 4.90 Å². The molecule has 4 N–H and O–H groups in total. The molecule has 3 unspecified atom stereocenters. The number of fused-ring (bicyclic) bond motifs is 1. The number of aromatic nitrogens is 1. The lowest BCUT2D eigenvalue weighted by Crippen LogP contribution is -2.40. The lowest BCUT2D eigenvalue weighted by molar-refractivity contribution is -0.195. The van der Waals surface area contributed by atoms with Crippen LogP contribution in [0.3, 0.4) is 0 Å². The van der Waals surface area contributed by atoms with E-state index in [1.807, 2.05) is 6.92 Å². The van der Waals surface area contributed by atoms with Gasteiger partial charge in [0, 0.05) is 29.1 Å². The number of carbonyl (C=O) groups excluding carboxylic acids is 2. The third-order valence-corrected chi connectivity index (χ3v) is 9.79. The zero-order valence-electron chi connectivity index (χ0n) is 22.6. The summed E-state index contributed by atoms with van der Waals surface area (Å²) in [6.45, 7) is 8.53. The van der Waals surface area contributed by atoms with Crippen molar-refractivity contribution in [2.24, 2.45) is 0 Å². The Morgan fingerprint density at radius 1 is 1.15 bits per heavy atom. The molecule has 1 aromatic heterocycles. The second-order valence-corrected chi connectivity index (χ2v) is 13.4. The van der Waals surface area contributed by atoms with Crippen LogP contribution in [0.4, 0.5) is 10.5 Å². The first kappa shape index (κ1) is 34.1. The summed E-state index contributed by atoms with van der Waals surface area (Å²) in [7, 11) is -10.9. The van der Waals surface area contributed by atoms with Crippen LogP contribution >= 0.6 is 26.8 Å². The number of carbonyl (C=O) groups is 2. The molecule has 1 aromatic carbocycles. The molecule has 0 saturated heterocycles. The SMILES string of the molecule is CCN(CC)CCCC(C)N(C(=O)OCCCC(=O)NC(P(=O)([O-])O)P(=O)(O)O)c1ccnc2cc(Cl)ccc12. The van der Waals surface area contributed by atoms with Gasteiger partial charge in [-0.25, -0.2) is 4.79 Å². The molecule has 224 valence electrons. The molecule has 40 heavy (non-hydrogen) atoms. The van der Waals surface area contributed by atoms with Crippen LogP contribution in [0.2, 0.25) is 5.02 Å². The summed E-state index contributed by atoms with van der Waals surface area (Å²) >= 11 is 6.12. The third kappa shape index (κ3) is 10.1. The maximum Gasteiger partial charge on any atom is 0.414 e. The molecule has 13 nitrogen and oxygen atoms in total. The van der Waals surface area contributed by atoms with Gasteiger partial charge in [-0.15, -0.1) is 0 Å². The number of anilines is 1. The van der Waals surface area contributed by atoms with Crippen LogP contribution in [0.15, 0.2) is 30.5 Å². The zero-order valence-corrected chi connectivity index (χ0v) is 25.1. The minimum atomic E-state index is -5.56. The molecule has 2 aromatic rings. The Morgan fingerprint density at radius 2 is 1.82 bits per heavy atom. The summed E-state index contributed by atoms with van der Waals surface area (Å²) < 4.78 is 28.0. The van der Waals surface area contributed by atoms with Gasteiger partial charge in [0.2, 0.25) is 5.91 Å². The molecular formula is C24H36ClN4O9P2-. The lowest BCUT2D eigenvalue weighted by atomic mass is 10.1. The van der Waals surface area contributed by atoms with Crippen LogP contribution in [-0.2, 0) is 18.7 Å². The van der Waals surface area contributed by atoms with Crippen molar-refractivity contribution >= 4 is 55.4 Å². The molecule has 3 atom stereocenters. The Balaban J connectivity index is 2.13. The highest BCUT2D eigenvalue weighted by atomic mass is 35.5. The fourth-order valence-corrected chi connectivity index (χ4v) is 6.45. The highest BCUT2D eigenvalue weighted by Crippen LogP contribution is 2.55. The summed E-state index contributed by atoms with van der Waals surface area (Å²) in [6, 6.07) is 6.57. The summed E-state index contributed by atoms with van der Waals surface area (Å²) in [6.07, 6.45) is 1.90. The molecule has 0 spiro atoms. The van der Waals surface area contributed by atoms with Crippen LogP contribution < -0.4 is 15.1 Å². The number of nitrogens with one attached hydrogen (secondary N) is 1. The van der Waals surface area contributed by atoms with Crippen LogP contribution in [0, 0.1) is 0 Å². The van der Waals surface area contributed by atoms with E-state index in [1.54, 1.807) is 35.8 Å². The number of amides is 2. The van der Waals surface area contributed by atoms with E-state index in [2.05, 4.69) is 23.7 Å². The first-order chi connectivity index (χ1) is 18.7. The van der Waals surface area contributed by atoms with Crippen molar-refractivity contribution in [2.45, 2.75) is 58.0 Å². The summed E-state index contributed by atoms with van der Waals surface area (Å²) in [5.74, 6) is -1.05. The summed E-state index contributed by atoms with van der Waals surface area (Å²) in [5, 5.41) is 2.80. The molecule has 0 radical (unpaired) electrons. The fraction of sp³-hybridized carbons (Fsp3) is 0.542. The molecule has 0 aliphatic heterocycles. The van der Waals surface area contributed by atoms with Gasteiger partial charge in [0.1, 0.15) is 0 Å². The van der Waals surface area contributed by atoms with Gasteiger partial charge in [-0.05, 0) is 70.1 Å². The Kier molecular flexibility index (Phi) is 13.0. The van der Waals surface area contributed by atoms with Crippen molar-refractivity contribution in [3.63, 3.8) is 0 Å². The van der Waals surface area contributed by atoms with Crippen LogP contribution in [0.1, 0.15) is 46.5 Å². The van der Waals surface area contributed by atoms with Crippen molar-refractivity contribution in [1.29, 1.82) is 0 Å². The second-order valence-electron chi connectivity index (χ2n) is 9.19. The van der Waals surface area contributed by atoms with Crippen molar-refractivity contribution in [3.8, 4) is 0 Å². The van der Waals surface area contributed by atoms with Gasteiger partial charge in [0.15, 0.2) is 13.1 Å². The maximum atomic E-state index is 13.3. The number of ether oxygens (including phenoxy) is 1. The minimum Gasteiger partial charge on any atom is -0.777 e. The topological polar surface area (TPSA) is 193 Å². The van der Waals surface area contributed by atoms with Crippen LogP contribution in [-0.4, -0.2) is 74.4 Å². The molecule has 16 heteroatoms. The molecule has 0 aliphatic carbocycles. The normalized spacial score (nSPS) is 14.9. The molecule has 0 fully saturated rings. The van der Waals surface area contributed by atoms with E-state index in [0.29, 0.717) is 28.0 Å². The van der Waals surface area contributed by atoms with Gasteiger partial charge in [-0.2, -0.15) is 0 Å². The Bertz CT molecular complexity index is 1230. The number of hydrogen-bond acceptors (Lipinski definition) is 8. The molecule has 2 amide bonds. The van der Waals surface area contributed by atoms with E-state index < -0.39 is 39.1 Å². The number of rotatable bonds is 15. The predicted octanol–water partition coefficient (Wildman–Crippen LogP) is 3.25. The van der Waals surface area contributed by atoms with Crippen LogP contribution in [0.5, 0.6) is 0 Å². The van der Waals surface area contributed by atoms with E-state index in [0.717, 1.165) is 26.1 Å². The molecule has 2 rings (SSSR count). The van der Waals surface area contributed by atoms with E-state index in [-0.39, 0.29) is 19.1 Å². The van der Waals surface area contributed by atoms with Gasteiger partial charge >= 0.3 is 13.7 Å². The lowest BCUT2D eigenvalue weighted by Gasteiger charge is -2.30. The maximum absolute atomic E-state index is 13.3. The van der Waals surface area contributed by atoms with Crippen LogP contribution in [0.25, 0.3) is 10.9 Å². The second kappa shape index (κ2) is 15.2. The first-order valence-electron chi connectivity index (χ1n) is 12.8. The zero-order chi connectivity index (χ0) is 30.1. The number of benzene rings is 1. The van der Waals surface area contributed by atoms with Gasteiger partial charge in [-0.1, -0.05) is 25.4 Å². The number of hydrogen-bond donors (Lipinski definition) is 4. The highest BCUT2D eigenvalue weighted by Gasteiger charge is 2.38.